The molecule has 1 aromatic heterocycles. The third kappa shape index (κ3) is 4.49. The Morgan fingerprint density at radius 1 is 1.08 bits per heavy atom. The fraction of sp³-hybridized carbons (Fsp3) is 0.474. The molecule has 26 heavy (non-hydrogen) atoms. The molecule has 3 rings (SSSR count). The second-order valence-corrected chi connectivity index (χ2v) is 8.93. The third-order valence-corrected chi connectivity index (χ3v) is 6.92. The average Bonchev–Trinajstić information content (AvgIpc) is 2.86. The molecular formula is C19H26ClN3O2S. The van der Waals surface area contributed by atoms with E-state index in [9.17, 15) is 8.42 Å². The van der Waals surface area contributed by atoms with E-state index in [0.717, 1.165) is 31.6 Å². The Kier molecular flexibility index (Phi) is 6.40. The summed E-state index contributed by atoms with van der Waals surface area (Å²) in [5.74, 6) is 0. The van der Waals surface area contributed by atoms with Gasteiger partial charge in [-0.1, -0.05) is 36.6 Å². The van der Waals surface area contributed by atoms with Crippen molar-refractivity contribution in [2.75, 3.05) is 19.6 Å². The SMILES string of the molecule is Cn1cccc1C(CNS(=O)(=O)c1ccccc1Cl)N1CCCCCC1. The molecule has 1 N–H and O–H groups in total. The van der Waals surface area contributed by atoms with E-state index >= 15 is 0 Å². The van der Waals surface area contributed by atoms with Gasteiger partial charge in [0.1, 0.15) is 4.90 Å². The van der Waals surface area contributed by atoms with Crippen molar-refractivity contribution < 1.29 is 8.42 Å². The van der Waals surface area contributed by atoms with Crippen molar-refractivity contribution in [3.63, 3.8) is 0 Å². The molecule has 1 fully saturated rings. The minimum atomic E-state index is -3.66. The molecule has 0 amide bonds. The summed E-state index contributed by atoms with van der Waals surface area (Å²) < 4.78 is 30.3. The number of halogens is 1. The molecule has 5 nitrogen and oxygen atoms in total. The highest BCUT2D eigenvalue weighted by Crippen LogP contribution is 2.25. The predicted octanol–water partition coefficient (Wildman–Crippen LogP) is 3.57. The fourth-order valence-electron chi connectivity index (χ4n) is 3.58. The molecule has 2 heterocycles. The van der Waals surface area contributed by atoms with E-state index in [2.05, 4.69) is 20.3 Å². The number of sulfonamides is 1. The molecule has 0 radical (unpaired) electrons. The van der Waals surface area contributed by atoms with Crippen molar-refractivity contribution in [3.8, 4) is 0 Å². The minimum absolute atomic E-state index is 0.00497. The summed E-state index contributed by atoms with van der Waals surface area (Å²) in [6.45, 7) is 2.30. The Bertz CT molecular complexity index is 827. The second-order valence-electron chi connectivity index (χ2n) is 6.79. The van der Waals surface area contributed by atoms with Gasteiger partial charge in [0.15, 0.2) is 0 Å². The lowest BCUT2D eigenvalue weighted by Gasteiger charge is -2.31. The summed E-state index contributed by atoms with van der Waals surface area (Å²) in [7, 11) is -1.65. The maximum absolute atomic E-state index is 12.7. The first-order valence-electron chi connectivity index (χ1n) is 9.08. The van der Waals surface area contributed by atoms with Crippen LogP contribution < -0.4 is 4.72 Å². The normalized spacial score (nSPS) is 17.8. The molecule has 7 heteroatoms. The van der Waals surface area contributed by atoms with E-state index in [1.807, 2.05) is 19.3 Å². The van der Waals surface area contributed by atoms with Gasteiger partial charge >= 0.3 is 0 Å². The lowest BCUT2D eigenvalue weighted by molar-refractivity contribution is 0.199. The number of aromatic nitrogens is 1. The summed E-state index contributed by atoms with van der Waals surface area (Å²) >= 11 is 6.09. The molecule has 1 aliphatic rings. The van der Waals surface area contributed by atoms with Gasteiger partial charge in [-0.05, 0) is 50.2 Å². The highest BCUT2D eigenvalue weighted by Gasteiger charge is 2.26. The van der Waals surface area contributed by atoms with Crippen molar-refractivity contribution in [1.29, 1.82) is 0 Å². The summed E-state index contributed by atoms with van der Waals surface area (Å²) in [6, 6.07) is 10.6. The number of nitrogens with one attached hydrogen (secondary N) is 1. The van der Waals surface area contributed by atoms with Gasteiger partial charge < -0.3 is 4.57 Å². The van der Waals surface area contributed by atoms with Crippen LogP contribution in [0.25, 0.3) is 0 Å². The van der Waals surface area contributed by atoms with Crippen LogP contribution in [0.2, 0.25) is 5.02 Å². The van der Waals surface area contributed by atoms with Crippen LogP contribution >= 0.6 is 11.6 Å². The van der Waals surface area contributed by atoms with Crippen molar-refractivity contribution >= 4 is 21.6 Å². The second kappa shape index (κ2) is 8.57. The van der Waals surface area contributed by atoms with E-state index < -0.39 is 10.0 Å². The van der Waals surface area contributed by atoms with Crippen LogP contribution in [-0.4, -0.2) is 37.5 Å². The van der Waals surface area contributed by atoms with Crippen LogP contribution in [0, 0.1) is 0 Å². The maximum atomic E-state index is 12.7. The highest BCUT2D eigenvalue weighted by molar-refractivity contribution is 7.89. The zero-order valence-corrected chi connectivity index (χ0v) is 16.6. The summed E-state index contributed by atoms with van der Waals surface area (Å²) in [5, 5.41) is 0.241. The van der Waals surface area contributed by atoms with Gasteiger partial charge in [0.2, 0.25) is 10.0 Å². The van der Waals surface area contributed by atoms with E-state index in [1.54, 1.807) is 18.2 Å². The van der Waals surface area contributed by atoms with Crippen LogP contribution in [0.5, 0.6) is 0 Å². The van der Waals surface area contributed by atoms with Crippen molar-refractivity contribution in [2.24, 2.45) is 7.05 Å². The Morgan fingerprint density at radius 2 is 1.77 bits per heavy atom. The van der Waals surface area contributed by atoms with Crippen LogP contribution in [0.4, 0.5) is 0 Å². The summed E-state index contributed by atoms with van der Waals surface area (Å²) in [6.07, 6.45) is 6.78. The number of hydrogen-bond acceptors (Lipinski definition) is 3. The van der Waals surface area contributed by atoms with Gasteiger partial charge in [0, 0.05) is 25.5 Å². The molecule has 0 bridgehead atoms. The van der Waals surface area contributed by atoms with Crippen molar-refractivity contribution in [2.45, 2.75) is 36.6 Å². The Morgan fingerprint density at radius 3 is 2.38 bits per heavy atom. The van der Waals surface area contributed by atoms with Gasteiger partial charge in [-0.3, -0.25) is 4.90 Å². The summed E-state index contributed by atoms with van der Waals surface area (Å²) in [4.78, 5) is 2.53. The van der Waals surface area contributed by atoms with Gasteiger partial charge in [0.05, 0.1) is 11.1 Å². The smallest absolute Gasteiger partial charge is 0.242 e. The van der Waals surface area contributed by atoms with Crippen LogP contribution in [0.1, 0.15) is 37.4 Å². The molecular weight excluding hydrogens is 370 g/mol. The quantitative estimate of drug-likeness (QED) is 0.813. The molecule has 1 saturated heterocycles. The van der Waals surface area contributed by atoms with Crippen LogP contribution in [-0.2, 0) is 17.1 Å². The van der Waals surface area contributed by atoms with Crippen LogP contribution in [0.3, 0.4) is 0 Å². The first-order chi connectivity index (χ1) is 12.5. The largest absolute Gasteiger partial charge is 0.353 e. The number of aryl methyl sites for hydroxylation is 1. The number of likely N-dealkylation sites (tertiary alicyclic amines) is 1. The lowest BCUT2D eigenvalue weighted by Crippen LogP contribution is -2.39. The molecule has 0 saturated carbocycles. The van der Waals surface area contributed by atoms with E-state index in [4.69, 9.17) is 11.6 Å². The Hall–Kier alpha value is -1.34. The van der Waals surface area contributed by atoms with E-state index in [1.165, 1.54) is 18.9 Å². The van der Waals surface area contributed by atoms with Crippen LogP contribution in [0.15, 0.2) is 47.5 Å². The average molecular weight is 396 g/mol. The first-order valence-corrected chi connectivity index (χ1v) is 10.9. The number of nitrogens with zero attached hydrogens (tertiary/aromatic N) is 2. The molecule has 1 atom stereocenters. The Labute approximate surface area is 161 Å². The zero-order chi connectivity index (χ0) is 18.6. The minimum Gasteiger partial charge on any atom is -0.353 e. The molecule has 0 aliphatic carbocycles. The van der Waals surface area contributed by atoms with Crippen molar-refractivity contribution in [1.82, 2.24) is 14.2 Å². The van der Waals surface area contributed by atoms with E-state index in [0.29, 0.717) is 6.54 Å². The predicted molar refractivity (Wildman–Crippen MR) is 105 cm³/mol. The van der Waals surface area contributed by atoms with Gasteiger partial charge in [-0.25, -0.2) is 13.1 Å². The maximum Gasteiger partial charge on any atom is 0.242 e. The highest BCUT2D eigenvalue weighted by atomic mass is 35.5. The molecule has 1 aliphatic heterocycles. The molecule has 1 aromatic carbocycles. The van der Waals surface area contributed by atoms with E-state index in [-0.39, 0.29) is 16.0 Å². The van der Waals surface area contributed by atoms with Crippen molar-refractivity contribution in [3.05, 3.63) is 53.3 Å². The Balaban J connectivity index is 1.82. The van der Waals surface area contributed by atoms with Gasteiger partial charge in [0.25, 0.3) is 0 Å². The van der Waals surface area contributed by atoms with Gasteiger partial charge in [-0.15, -0.1) is 0 Å². The topological polar surface area (TPSA) is 54.3 Å². The number of benzene rings is 1. The summed E-state index contributed by atoms with van der Waals surface area (Å²) in [5.41, 5.74) is 1.12. The first kappa shape index (κ1) is 19.4. The lowest BCUT2D eigenvalue weighted by atomic mass is 10.1. The molecule has 1 unspecified atom stereocenters. The number of rotatable bonds is 6. The standard InChI is InChI=1S/C19H26ClN3O2S/c1-22-12-8-10-17(22)18(23-13-6-2-3-7-14-23)15-21-26(24,25)19-11-5-4-9-16(19)20/h4-5,8-12,18,21H,2-3,6-7,13-15H2,1H3. The fourth-order valence-corrected chi connectivity index (χ4v) is 5.13. The molecule has 142 valence electrons. The number of hydrogen-bond donors (Lipinski definition) is 1. The third-order valence-electron chi connectivity index (χ3n) is 5.00. The molecule has 2 aromatic rings. The molecule has 0 spiro atoms. The monoisotopic (exact) mass is 395 g/mol. The van der Waals surface area contributed by atoms with Gasteiger partial charge in [-0.2, -0.15) is 0 Å². The zero-order valence-electron chi connectivity index (χ0n) is 15.1.